The summed E-state index contributed by atoms with van der Waals surface area (Å²) in [6.07, 6.45) is 6.40. The molecular formula is C23H25N3O. The number of aromatic nitrogens is 2. The first-order valence-electron chi connectivity index (χ1n) is 9.90. The zero-order chi connectivity index (χ0) is 18.2. The maximum absolute atomic E-state index is 11.0. The lowest BCUT2D eigenvalue weighted by molar-refractivity contribution is 0.0757. The van der Waals surface area contributed by atoms with E-state index in [-0.39, 0.29) is 12.1 Å². The number of hydrogen-bond donors (Lipinski definition) is 1. The summed E-state index contributed by atoms with van der Waals surface area (Å²) in [4.78, 5) is 6.76. The van der Waals surface area contributed by atoms with Crippen molar-refractivity contribution in [2.24, 2.45) is 5.92 Å². The minimum absolute atomic E-state index is 0.195. The fourth-order valence-corrected chi connectivity index (χ4v) is 4.78. The molecule has 0 amide bonds. The summed E-state index contributed by atoms with van der Waals surface area (Å²) < 4.78 is 2.23. The molecule has 2 aliphatic rings. The number of imidazole rings is 1. The summed E-state index contributed by atoms with van der Waals surface area (Å²) in [5.41, 5.74) is 5.03. The predicted molar refractivity (Wildman–Crippen MR) is 108 cm³/mol. The third kappa shape index (κ3) is 2.94. The SMILES string of the molecule is O[C@@H](C[C@H]1c2ccccc2-c2cncn21)C1CCN(c2ccccc2)CC1. The summed E-state index contributed by atoms with van der Waals surface area (Å²) in [6, 6.07) is 19.3. The van der Waals surface area contributed by atoms with Crippen LogP contribution in [0.1, 0.15) is 30.9 Å². The third-order valence-corrected chi connectivity index (χ3v) is 6.27. The third-order valence-electron chi connectivity index (χ3n) is 6.27. The average Bonchev–Trinajstić information content (AvgIpc) is 3.32. The van der Waals surface area contributed by atoms with Crippen LogP contribution in [0.3, 0.4) is 0 Å². The number of para-hydroxylation sites is 1. The Morgan fingerprint density at radius 2 is 1.74 bits per heavy atom. The Bertz CT molecular complexity index is 912. The van der Waals surface area contributed by atoms with Crippen LogP contribution in [-0.4, -0.2) is 33.9 Å². The molecule has 0 radical (unpaired) electrons. The maximum atomic E-state index is 11.0. The van der Waals surface area contributed by atoms with Crippen LogP contribution in [0.5, 0.6) is 0 Å². The van der Waals surface area contributed by atoms with Crippen molar-refractivity contribution in [3.8, 4) is 11.3 Å². The molecule has 3 aromatic rings. The zero-order valence-electron chi connectivity index (χ0n) is 15.4. The fraction of sp³-hybridized carbons (Fsp3) is 0.348. The van der Waals surface area contributed by atoms with Crippen molar-refractivity contribution in [3.63, 3.8) is 0 Å². The first kappa shape index (κ1) is 16.6. The number of fused-ring (bicyclic) bond motifs is 3. The van der Waals surface area contributed by atoms with Crippen molar-refractivity contribution in [1.29, 1.82) is 0 Å². The Balaban J connectivity index is 1.28. The molecule has 5 rings (SSSR count). The van der Waals surface area contributed by atoms with Crippen molar-refractivity contribution in [3.05, 3.63) is 72.7 Å². The minimum atomic E-state index is -0.283. The Morgan fingerprint density at radius 1 is 1.00 bits per heavy atom. The molecule has 3 heterocycles. The van der Waals surface area contributed by atoms with Gasteiger partial charge in [-0.05, 0) is 42.9 Å². The van der Waals surface area contributed by atoms with E-state index < -0.39 is 0 Å². The Kier molecular flexibility index (Phi) is 4.21. The highest BCUT2D eigenvalue weighted by Gasteiger charge is 2.33. The summed E-state index contributed by atoms with van der Waals surface area (Å²) in [5.74, 6) is 0.365. The summed E-state index contributed by atoms with van der Waals surface area (Å²) in [6.45, 7) is 2.03. The van der Waals surface area contributed by atoms with Gasteiger partial charge in [-0.3, -0.25) is 0 Å². The lowest BCUT2D eigenvalue weighted by Gasteiger charge is -2.36. The van der Waals surface area contributed by atoms with E-state index in [9.17, 15) is 5.11 Å². The molecule has 27 heavy (non-hydrogen) atoms. The summed E-state index contributed by atoms with van der Waals surface area (Å²) in [5, 5.41) is 11.0. The quantitative estimate of drug-likeness (QED) is 0.762. The largest absolute Gasteiger partial charge is 0.393 e. The highest BCUT2D eigenvalue weighted by molar-refractivity contribution is 5.68. The van der Waals surface area contributed by atoms with Crippen LogP contribution in [0.2, 0.25) is 0 Å². The van der Waals surface area contributed by atoms with Gasteiger partial charge in [-0.2, -0.15) is 0 Å². The molecule has 2 aliphatic heterocycles. The zero-order valence-corrected chi connectivity index (χ0v) is 15.4. The highest BCUT2D eigenvalue weighted by Crippen LogP contribution is 2.42. The van der Waals surface area contributed by atoms with Crippen LogP contribution in [0, 0.1) is 5.92 Å². The number of anilines is 1. The van der Waals surface area contributed by atoms with Crippen molar-refractivity contribution in [1.82, 2.24) is 9.55 Å². The first-order valence-corrected chi connectivity index (χ1v) is 9.90. The number of hydrogen-bond acceptors (Lipinski definition) is 3. The van der Waals surface area contributed by atoms with Gasteiger partial charge in [0.25, 0.3) is 0 Å². The van der Waals surface area contributed by atoms with Crippen molar-refractivity contribution in [2.75, 3.05) is 18.0 Å². The van der Waals surface area contributed by atoms with Gasteiger partial charge in [-0.1, -0.05) is 42.5 Å². The van der Waals surface area contributed by atoms with Gasteiger partial charge in [0.05, 0.1) is 30.4 Å². The molecule has 1 saturated heterocycles. The van der Waals surface area contributed by atoms with Gasteiger partial charge in [0, 0.05) is 24.3 Å². The smallest absolute Gasteiger partial charge is 0.0956 e. The molecule has 1 aromatic heterocycles. The van der Waals surface area contributed by atoms with E-state index in [4.69, 9.17) is 0 Å². The van der Waals surface area contributed by atoms with Gasteiger partial charge >= 0.3 is 0 Å². The van der Waals surface area contributed by atoms with Gasteiger partial charge in [0.15, 0.2) is 0 Å². The van der Waals surface area contributed by atoms with Crippen molar-refractivity contribution in [2.45, 2.75) is 31.4 Å². The summed E-state index contributed by atoms with van der Waals surface area (Å²) in [7, 11) is 0. The molecule has 4 nitrogen and oxygen atoms in total. The normalized spacial score (nSPS) is 20.3. The van der Waals surface area contributed by atoms with Crippen LogP contribution in [0.15, 0.2) is 67.1 Å². The lowest BCUT2D eigenvalue weighted by Crippen LogP contribution is -2.38. The fourth-order valence-electron chi connectivity index (χ4n) is 4.78. The van der Waals surface area contributed by atoms with E-state index in [0.29, 0.717) is 5.92 Å². The molecule has 1 N–H and O–H groups in total. The number of rotatable bonds is 4. The molecule has 0 aliphatic carbocycles. The van der Waals surface area contributed by atoms with Gasteiger partial charge in [0.2, 0.25) is 0 Å². The number of aliphatic hydroxyl groups excluding tert-OH is 1. The Hall–Kier alpha value is -2.59. The van der Waals surface area contributed by atoms with Crippen LogP contribution in [0.4, 0.5) is 5.69 Å². The number of benzene rings is 2. The minimum Gasteiger partial charge on any atom is -0.393 e. The second kappa shape index (κ2) is 6.86. The standard InChI is InChI=1S/C23H25N3O/c27-23(17-10-12-25(13-11-17)18-6-2-1-3-7-18)14-21-19-8-4-5-9-20(19)22-15-24-16-26(21)22/h1-9,15-17,21,23,27H,10-14H2/t21-,23-/m0/s1. The second-order valence-corrected chi connectivity index (χ2v) is 7.75. The van der Waals surface area contributed by atoms with E-state index in [1.165, 1.54) is 22.5 Å². The first-order chi connectivity index (χ1) is 13.3. The van der Waals surface area contributed by atoms with Gasteiger partial charge < -0.3 is 14.6 Å². The van der Waals surface area contributed by atoms with Gasteiger partial charge in [-0.25, -0.2) is 4.98 Å². The molecule has 4 heteroatoms. The van der Waals surface area contributed by atoms with E-state index in [1.54, 1.807) is 0 Å². The van der Waals surface area contributed by atoms with Gasteiger partial charge in [-0.15, -0.1) is 0 Å². The monoisotopic (exact) mass is 359 g/mol. The number of nitrogens with zero attached hydrogens (tertiary/aromatic N) is 3. The molecule has 2 aromatic carbocycles. The average molecular weight is 359 g/mol. The molecule has 0 spiro atoms. The van der Waals surface area contributed by atoms with Crippen LogP contribution < -0.4 is 4.90 Å². The molecule has 1 fully saturated rings. The van der Waals surface area contributed by atoms with Crippen LogP contribution in [0.25, 0.3) is 11.3 Å². The van der Waals surface area contributed by atoms with Gasteiger partial charge in [0.1, 0.15) is 0 Å². The molecule has 0 unspecified atom stereocenters. The predicted octanol–water partition coefficient (Wildman–Crippen LogP) is 4.12. The van der Waals surface area contributed by atoms with Crippen LogP contribution >= 0.6 is 0 Å². The molecule has 0 saturated carbocycles. The van der Waals surface area contributed by atoms with Crippen molar-refractivity contribution < 1.29 is 5.11 Å². The summed E-state index contributed by atoms with van der Waals surface area (Å²) >= 11 is 0. The van der Waals surface area contributed by atoms with E-state index >= 15 is 0 Å². The van der Waals surface area contributed by atoms with E-state index in [1.807, 2.05) is 12.5 Å². The molecule has 138 valence electrons. The Morgan fingerprint density at radius 3 is 2.56 bits per heavy atom. The van der Waals surface area contributed by atoms with E-state index in [0.717, 1.165) is 32.4 Å². The molecular weight excluding hydrogens is 334 g/mol. The van der Waals surface area contributed by atoms with Crippen LogP contribution in [-0.2, 0) is 0 Å². The second-order valence-electron chi connectivity index (χ2n) is 7.75. The highest BCUT2D eigenvalue weighted by atomic mass is 16.3. The number of piperidine rings is 1. The topological polar surface area (TPSA) is 41.3 Å². The van der Waals surface area contributed by atoms with E-state index in [2.05, 4.69) is 69.0 Å². The molecule has 0 bridgehead atoms. The van der Waals surface area contributed by atoms with Crippen molar-refractivity contribution >= 4 is 5.69 Å². The Labute approximate surface area is 160 Å². The number of aliphatic hydroxyl groups is 1. The molecule has 2 atom stereocenters. The lowest BCUT2D eigenvalue weighted by atomic mass is 9.86. The maximum Gasteiger partial charge on any atom is 0.0956 e.